The molecule has 1 aromatic carbocycles. The monoisotopic (exact) mass is 298 g/mol. The summed E-state index contributed by atoms with van der Waals surface area (Å²) < 4.78 is 7.02. The number of imidazole rings is 1. The van der Waals surface area contributed by atoms with Crippen molar-refractivity contribution in [3.63, 3.8) is 0 Å². The molecule has 7 nitrogen and oxygen atoms in total. The summed E-state index contributed by atoms with van der Waals surface area (Å²) in [5.74, 6) is 1.43. The summed E-state index contributed by atoms with van der Waals surface area (Å²) in [4.78, 5) is 4.38. The quantitative estimate of drug-likeness (QED) is 0.440. The fraction of sp³-hybridized carbons (Fsp3) is 0.133. The Morgan fingerprint density at radius 1 is 1.23 bits per heavy atom. The first-order valence-corrected chi connectivity index (χ1v) is 6.59. The van der Waals surface area contributed by atoms with E-state index in [1.165, 1.54) is 6.21 Å². The van der Waals surface area contributed by atoms with Crippen LogP contribution in [0.5, 0.6) is 5.75 Å². The second-order valence-corrected chi connectivity index (χ2v) is 4.81. The maximum absolute atomic E-state index is 9.43. The topological polar surface area (TPSA) is 96.7 Å². The van der Waals surface area contributed by atoms with Crippen LogP contribution in [0.25, 0.3) is 17.1 Å². The van der Waals surface area contributed by atoms with Crippen LogP contribution in [0, 0.1) is 13.8 Å². The Hall–Kier alpha value is -3.09. The number of hydrogen-bond acceptors (Lipinski definition) is 6. The zero-order valence-corrected chi connectivity index (χ0v) is 12.1. The summed E-state index contributed by atoms with van der Waals surface area (Å²) in [7, 11) is 0. The molecule has 0 spiro atoms. The van der Waals surface area contributed by atoms with Crippen LogP contribution in [0.1, 0.15) is 17.1 Å². The van der Waals surface area contributed by atoms with E-state index in [9.17, 15) is 5.11 Å². The molecule has 3 aromatic rings. The van der Waals surface area contributed by atoms with Gasteiger partial charge in [-0.05, 0) is 38.1 Å². The summed E-state index contributed by atoms with van der Waals surface area (Å²) in [6, 6.07) is 6.68. The van der Waals surface area contributed by atoms with Gasteiger partial charge in [0, 0.05) is 5.56 Å². The summed E-state index contributed by atoms with van der Waals surface area (Å²) in [6.45, 7) is 3.63. The number of rotatable bonds is 3. The van der Waals surface area contributed by atoms with Gasteiger partial charge in [-0.1, -0.05) is 10.3 Å². The molecule has 2 N–H and O–H groups in total. The van der Waals surface area contributed by atoms with E-state index in [1.807, 2.05) is 6.92 Å². The molecule has 0 saturated carbocycles. The van der Waals surface area contributed by atoms with Crippen LogP contribution in [-0.2, 0) is 0 Å². The number of aryl methyl sites for hydroxylation is 2. The number of nitrogens with zero attached hydrogens (tertiary/aromatic N) is 4. The lowest BCUT2D eigenvalue weighted by Crippen LogP contribution is -2.04. The van der Waals surface area contributed by atoms with Gasteiger partial charge < -0.3 is 14.8 Å². The molecule has 2 heterocycles. The van der Waals surface area contributed by atoms with E-state index >= 15 is 0 Å². The van der Waals surface area contributed by atoms with Crippen molar-refractivity contribution in [3.8, 4) is 22.8 Å². The number of phenolic OH excluding ortho intramolecular Hbond substituents is 1. The maximum atomic E-state index is 9.43. The van der Waals surface area contributed by atoms with Crippen molar-refractivity contribution in [3.05, 3.63) is 47.6 Å². The number of benzene rings is 1. The molecule has 2 aromatic heterocycles. The number of oxime groups is 1. The summed E-state index contributed by atoms with van der Waals surface area (Å²) in [6.07, 6.45) is 2.89. The third-order valence-electron chi connectivity index (χ3n) is 3.32. The highest BCUT2D eigenvalue weighted by molar-refractivity contribution is 5.80. The first-order valence-electron chi connectivity index (χ1n) is 6.59. The fourth-order valence-electron chi connectivity index (χ4n) is 2.36. The molecule has 0 atom stereocenters. The van der Waals surface area contributed by atoms with Crippen LogP contribution in [-0.4, -0.2) is 31.2 Å². The van der Waals surface area contributed by atoms with Gasteiger partial charge in [0.1, 0.15) is 23.0 Å². The summed E-state index contributed by atoms with van der Waals surface area (Å²) in [5.41, 5.74) is 2.83. The average molecular weight is 298 g/mol. The Balaban J connectivity index is 2.26. The van der Waals surface area contributed by atoms with E-state index in [4.69, 9.17) is 9.73 Å². The molecule has 0 radical (unpaired) electrons. The van der Waals surface area contributed by atoms with Gasteiger partial charge in [0.15, 0.2) is 5.76 Å². The van der Waals surface area contributed by atoms with Crippen LogP contribution < -0.4 is 0 Å². The van der Waals surface area contributed by atoms with Crippen LogP contribution in [0.15, 0.2) is 40.1 Å². The second kappa shape index (κ2) is 5.36. The van der Waals surface area contributed by atoms with E-state index in [0.29, 0.717) is 23.0 Å². The Labute approximate surface area is 126 Å². The molecule has 0 saturated heterocycles. The van der Waals surface area contributed by atoms with Gasteiger partial charge >= 0.3 is 0 Å². The Kier molecular flexibility index (Phi) is 3.38. The van der Waals surface area contributed by atoms with Gasteiger partial charge in [-0.3, -0.25) is 4.57 Å². The number of phenols is 1. The first kappa shape index (κ1) is 13.9. The molecule has 0 bridgehead atoms. The van der Waals surface area contributed by atoms with Gasteiger partial charge in [0.25, 0.3) is 0 Å². The highest BCUT2D eigenvalue weighted by Gasteiger charge is 2.19. The van der Waals surface area contributed by atoms with Gasteiger partial charge in [0.05, 0.1) is 18.1 Å². The molecule has 7 heteroatoms. The van der Waals surface area contributed by atoms with E-state index in [0.717, 1.165) is 11.3 Å². The zero-order valence-electron chi connectivity index (χ0n) is 12.1. The molecule has 0 aliphatic rings. The minimum Gasteiger partial charge on any atom is -0.508 e. The van der Waals surface area contributed by atoms with Crippen molar-refractivity contribution in [1.82, 2.24) is 14.7 Å². The second-order valence-electron chi connectivity index (χ2n) is 4.81. The standard InChI is InChI=1S/C15H14N4O3/c1-9-14(10(2)22-18-9)19-12(8-17-21)7-16-15(19)11-3-5-13(20)6-4-11/h3-8,20-21H,1-2H3/b17-8+. The Morgan fingerprint density at radius 2 is 1.95 bits per heavy atom. The molecular formula is C15H14N4O3. The van der Waals surface area contributed by atoms with Gasteiger partial charge in [-0.25, -0.2) is 4.98 Å². The van der Waals surface area contributed by atoms with Crippen molar-refractivity contribution in [2.75, 3.05) is 0 Å². The summed E-state index contributed by atoms with van der Waals surface area (Å²) >= 11 is 0. The minimum absolute atomic E-state index is 0.177. The van der Waals surface area contributed by atoms with Crippen LogP contribution >= 0.6 is 0 Å². The molecule has 3 rings (SSSR count). The van der Waals surface area contributed by atoms with Crippen molar-refractivity contribution in [2.24, 2.45) is 5.16 Å². The molecule has 0 unspecified atom stereocenters. The largest absolute Gasteiger partial charge is 0.508 e. The van der Waals surface area contributed by atoms with Crippen LogP contribution in [0.2, 0.25) is 0 Å². The zero-order chi connectivity index (χ0) is 15.7. The smallest absolute Gasteiger partial charge is 0.157 e. The van der Waals surface area contributed by atoms with Crippen LogP contribution in [0.4, 0.5) is 0 Å². The van der Waals surface area contributed by atoms with Crippen molar-refractivity contribution in [1.29, 1.82) is 0 Å². The number of aromatic nitrogens is 3. The van der Waals surface area contributed by atoms with E-state index in [2.05, 4.69) is 15.3 Å². The van der Waals surface area contributed by atoms with Crippen molar-refractivity contribution in [2.45, 2.75) is 13.8 Å². The molecule has 0 fully saturated rings. The molecular weight excluding hydrogens is 284 g/mol. The van der Waals surface area contributed by atoms with E-state index < -0.39 is 0 Å². The summed E-state index contributed by atoms with van der Waals surface area (Å²) in [5, 5.41) is 25.3. The maximum Gasteiger partial charge on any atom is 0.157 e. The highest BCUT2D eigenvalue weighted by Crippen LogP contribution is 2.28. The lowest BCUT2D eigenvalue weighted by molar-refractivity contribution is 0.321. The van der Waals surface area contributed by atoms with E-state index in [1.54, 1.807) is 42.0 Å². The average Bonchev–Trinajstić information content (AvgIpc) is 3.04. The van der Waals surface area contributed by atoms with Crippen molar-refractivity contribution >= 4 is 6.21 Å². The minimum atomic E-state index is 0.177. The molecule has 0 aliphatic carbocycles. The highest BCUT2D eigenvalue weighted by atomic mass is 16.5. The molecule has 22 heavy (non-hydrogen) atoms. The third-order valence-corrected chi connectivity index (χ3v) is 3.32. The molecule has 0 aliphatic heterocycles. The predicted octanol–water partition coefficient (Wildman–Crippen LogP) is 2.66. The van der Waals surface area contributed by atoms with Gasteiger partial charge in [-0.2, -0.15) is 0 Å². The molecule has 0 amide bonds. The third kappa shape index (κ3) is 2.22. The lowest BCUT2D eigenvalue weighted by Gasteiger charge is -2.09. The lowest BCUT2D eigenvalue weighted by atomic mass is 10.2. The van der Waals surface area contributed by atoms with Crippen LogP contribution in [0.3, 0.4) is 0 Å². The van der Waals surface area contributed by atoms with Crippen molar-refractivity contribution < 1.29 is 14.8 Å². The van der Waals surface area contributed by atoms with Gasteiger partial charge in [-0.15, -0.1) is 0 Å². The first-order chi connectivity index (χ1) is 10.6. The predicted molar refractivity (Wildman–Crippen MR) is 79.6 cm³/mol. The Bertz CT molecular complexity index is 812. The van der Waals surface area contributed by atoms with E-state index in [-0.39, 0.29) is 5.75 Å². The Morgan fingerprint density at radius 3 is 2.55 bits per heavy atom. The molecule has 112 valence electrons. The SMILES string of the molecule is Cc1noc(C)c1-n1c(/C=N/O)cnc1-c1ccc(O)cc1. The normalized spacial score (nSPS) is 11.4. The fourth-order valence-corrected chi connectivity index (χ4v) is 2.36. The van der Waals surface area contributed by atoms with Gasteiger partial charge in [0.2, 0.25) is 0 Å². The number of aromatic hydroxyl groups is 1. The number of hydrogen-bond donors (Lipinski definition) is 2.